The number of H-pyrrole nitrogens is 1. The summed E-state index contributed by atoms with van der Waals surface area (Å²) < 4.78 is 0. The van der Waals surface area contributed by atoms with E-state index in [-0.39, 0.29) is 24.1 Å². The largest absolute Gasteiger partial charge is 0.384 e. The van der Waals surface area contributed by atoms with Crippen molar-refractivity contribution in [2.45, 2.75) is 0 Å². The van der Waals surface area contributed by atoms with Gasteiger partial charge in [0.15, 0.2) is 0 Å². The quantitative estimate of drug-likeness (QED) is 0.370. The zero-order valence-corrected chi connectivity index (χ0v) is 13.7. The first-order chi connectivity index (χ1) is 11.0. The van der Waals surface area contributed by atoms with Crippen LogP contribution in [0.15, 0.2) is 48.5 Å². The van der Waals surface area contributed by atoms with Gasteiger partial charge in [0.2, 0.25) is 0 Å². The maximum absolute atomic E-state index is 7.48. The van der Waals surface area contributed by atoms with Gasteiger partial charge in [-0.3, -0.25) is 10.8 Å². The molecule has 0 aliphatic carbocycles. The fourth-order valence-corrected chi connectivity index (χ4v) is 2.37. The van der Waals surface area contributed by atoms with E-state index >= 15 is 0 Å². The first kappa shape index (κ1) is 17.3. The highest BCUT2D eigenvalue weighted by Crippen LogP contribution is 2.19. The minimum absolute atomic E-state index is 0. The summed E-state index contributed by atoms with van der Waals surface area (Å²) in [6, 6.07) is 15.2. The molecule has 0 unspecified atom stereocenters. The van der Waals surface area contributed by atoms with Gasteiger partial charge in [-0.2, -0.15) is 0 Å². The van der Waals surface area contributed by atoms with Crippen molar-refractivity contribution in [3.05, 3.63) is 70.9 Å². The lowest BCUT2D eigenvalue weighted by molar-refractivity contribution is 1.41. The molecule has 0 amide bonds. The van der Waals surface area contributed by atoms with Gasteiger partial charge in [-0.1, -0.05) is 42.5 Å². The maximum Gasteiger partial charge on any atom is 0.122 e. The van der Waals surface area contributed by atoms with Gasteiger partial charge in [-0.05, 0) is 23.8 Å². The Bertz CT molecular complexity index is 922. The monoisotopic (exact) mass is 339 g/mol. The van der Waals surface area contributed by atoms with E-state index in [0.717, 1.165) is 22.2 Å². The Balaban J connectivity index is 0.00000208. The normalized spacial score (nSPS) is 10.7. The summed E-state index contributed by atoms with van der Waals surface area (Å²) in [7, 11) is 0. The lowest BCUT2D eigenvalue weighted by atomic mass is 10.1. The van der Waals surface area contributed by atoms with Gasteiger partial charge in [-0.25, -0.2) is 0 Å². The van der Waals surface area contributed by atoms with E-state index in [4.69, 9.17) is 22.3 Å². The molecule has 0 aliphatic heterocycles. The van der Waals surface area contributed by atoms with E-state index in [0.29, 0.717) is 11.1 Å². The number of aromatic amines is 1. The minimum Gasteiger partial charge on any atom is -0.384 e. The predicted octanol–water partition coefficient (Wildman–Crippen LogP) is 3.33. The molecule has 0 spiro atoms. The number of hydrogen-bond acceptors (Lipinski definition) is 2. The number of amidine groups is 2. The van der Waals surface area contributed by atoms with Crippen molar-refractivity contribution in [3.8, 4) is 0 Å². The van der Waals surface area contributed by atoms with E-state index in [2.05, 4.69) is 4.98 Å². The van der Waals surface area contributed by atoms with Crippen molar-refractivity contribution >= 4 is 47.1 Å². The van der Waals surface area contributed by atoms with Crippen LogP contribution in [0.4, 0.5) is 0 Å². The van der Waals surface area contributed by atoms with Gasteiger partial charge in [0, 0.05) is 27.7 Å². The third-order valence-corrected chi connectivity index (χ3v) is 3.63. The van der Waals surface area contributed by atoms with Crippen LogP contribution in [0, 0.1) is 10.8 Å². The molecule has 1 aromatic heterocycles. The maximum atomic E-state index is 7.48. The van der Waals surface area contributed by atoms with Gasteiger partial charge < -0.3 is 16.5 Å². The molecule has 0 bridgehead atoms. The van der Waals surface area contributed by atoms with Crippen molar-refractivity contribution < 1.29 is 0 Å². The van der Waals surface area contributed by atoms with Crippen LogP contribution in [-0.2, 0) is 0 Å². The molecule has 5 nitrogen and oxygen atoms in total. The Morgan fingerprint density at radius 2 is 1.46 bits per heavy atom. The molecule has 0 aliphatic rings. The SMILES string of the molecule is Cl.N=C(N)c1ccc(/C=C/c2cc3ccc(C(=N)N)cc3[nH]2)cc1. The number of rotatable bonds is 4. The van der Waals surface area contributed by atoms with Crippen LogP contribution >= 0.6 is 12.4 Å². The molecule has 7 N–H and O–H groups in total. The summed E-state index contributed by atoms with van der Waals surface area (Å²) in [5.74, 6) is 0.126. The summed E-state index contributed by atoms with van der Waals surface area (Å²) >= 11 is 0. The van der Waals surface area contributed by atoms with Crippen molar-refractivity contribution in [2.24, 2.45) is 11.5 Å². The fourth-order valence-electron chi connectivity index (χ4n) is 2.37. The third-order valence-electron chi connectivity index (χ3n) is 3.63. The van der Waals surface area contributed by atoms with E-state index in [1.807, 2.05) is 60.7 Å². The molecule has 0 atom stereocenters. The second kappa shape index (κ2) is 7.02. The molecule has 24 heavy (non-hydrogen) atoms. The van der Waals surface area contributed by atoms with Gasteiger partial charge in [0.25, 0.3) is 0 Å². The topological polar surface area (TPSA) is 116 Å². The standard InChI is InChI=1S/C18H17N5.ClH/c19-17(20)12-4-1-11(2-5-12)3-8-15-9-13-6-7-14(18(21)22)10-16(13)23-15;/h1-10,23H,(H3,19,20)(H3,21,22);1H/b8-3+;. The van der Waals surface area contributed by atoms with E-state index in [9.17, 15) is 0 Å². The van der Waals surface area contributed by atoms with Gasteiger partial charge in [0.1, 0.15) is 11.7 Å². The smallest absolute Gasteiger partial charge is 0.122 e. The predicted molar refractivity (Wildman–Crippen MR) is 103 cm³/mol. The average Bonchev–Trinajstić information content (AvgIpc) is 2.95. The Morgan fingerprint density at radius 1 is 0.833 bits per heavy atom. The Hall–Kier alpha value is -3.05. The molecule has 3 aromatic rings. The summed E-state index contributed by atoms with van der Waals surface area (Å²) in [6.45, 7) is 0. The Morgan fingerprint density at radius 3 is 2.08 bits per heavy atom. The molecule has 0 saturated heterocycles. The third kappa shape index (κ3) is 3.64. The van der Waals surface area contributed by atoms with Crippen LogP contribution < -0.4 is 11.5 Å². The molecule has 2 aromatic carbocycles. The average molecular weight is 340 g/mol. The number of aromatic nitrogens is 1. The lowest BCUT2D eigenvalue weighted by Gasteiger charge is -1.98. The molecule has 0 radical (unpaired) electrons. The van der Waals surface area contributed by atoms with Crippen LogP contribution in [0.5, 0.6) is 0 Å². The number of fused-ring (bicyclic) bond motifs is 1. The van der Waals surface area contributed by atoms with Crippen LogP contribution in [-0.4, -0.2) is 16.7 Å². The molecule has 122 valence electrons. The van der Waals surface area contributed by atoms with Crippen molar-refractivity contribution in [1.82, 2.24) is 4.98 Å². The molecular formula is C18H18ClN5. The number of nitrogens with two attached hydrogens (primary N) is 2. The van der Waals surface area contributed by atoms with E-state index < -0.39 is 0 Å². The molecule has 1 heterocycles. The first-order valence-electron chi connectivity index (χ1n) is 7.12. The highest BCUT2D eigenvalue weighted by Gasteiger charge is 2.02. The Kier molecular flexibility index (Phi) is 5.06. The van der Waals surface area contributed by atoms with Crippen molar-refractivity contribution in [3.63, 3.8) is 0 Å². The summed E-state index contributed by atoms with van der Waals surface area (Å²) in [5, 5.41) is 15.9. The highest BCUT2D eigenvalue weighted by molar-refractivity contribution is 5.99. The lowest BCUT2D eigenvalue weighted by Crippen LogP contribution is -2.10. The second-order valence-electron chi connectivity index (χ2n) is 5.31. The fraction of sp³-hybridized carbons (Fsp3) is 0. The van der Waals surface area contributed by atoms with Crippen LogP contribution in [0.25, 0.3) is 23.1 Å². The molecule has 0 saturated carbocycles. The van der Waals surface area contributed by atoms with E-state index in [1.165, 1.54) is 0 Å². The second-order valence-corrected chi connectivity index (χ2v) is 5.31. The molecule has 0 fully saturated rings. The minimum atomic E-state index is 0. The number of nitrogens with one attached hydrogen (secondary N) is 3. The molecular weight excluding hydrogens is 322 g/mol. The van der Waals surface area contributed by atoms with Gasteiger partial charge >= 0.3 is 0 Å². The molecule has 6 heteroatoms. The van der Waals surface area contributed by atoms with Gasteiger partial charge in [0.05, 0.1) is 0 Å². The summed E-state index contributed by atoms with van der Waals surface area (Å²) in [5.41, 5.74) is 15.3. The zero-order valence-electron chi connectivity index (χ0n) is 12.8. The zero-order chi connectivity index (χ0) is 16.4. The molecule has 3 rings (SSSR count). The van der Waals surface area contributed by atoms with Crippen LogP contribution in [0.1, 0.15) is 22.4 Å². The summed E-state index contributed by atoms with van der Waals surface area (Å²) in [4.78, 5) is 3.30. The van der Waals surface area contributed by atoms with Crippen molar-refractivity contribution in [1.29, 1.82) is 10.8 Å². The number of benzene rings is 2. The number of halogens is 1. The first-order valence-corrected chi connectivity index (χ1v) is 7.12. The van der Waals surface area contributed by atoms with E-state index in [1.54, 1.807) is 0 Å². The summed E-state index contributed by atoms with van der Waals surface area (Å²) in [6.07, 6.45) is 3.97. The van der Waals surface area contributed by atoms with Gasteiger partial charge in [-0.15, -0.1) is 12.4 Å². The number of hydrogen-bond donors (Lipinski definition) is 5. The van der Waals surface area contributed by atoms with Crippen LogP contribution in [0.3, 0.4) is 0 Å². The Labute approximate surface area is 145 Å². The number of nitrogen functional groups attached to an aromatic ring is 2. The van der Waals surface area contributed by atoms with Crippen molar-refractivity contribution in [2.75, 3.05) is 0 Å². The van der Waals surface area contributed by atoms with Crippen LogP contribution in [0.2, 0.25) is 0 Å². The highest BCUT2D eigenvalue weighted by atomic mass is 35.5.